The highest BCUT2D eigenvalue weighted by molar-refractivity contribution is 6.30. The molecule has 3 N–H and O–H groups in total. The van der Waals surface area contributed by atoms with Gasteiger partial charge in [0.2, 0.25) is 5.91 Å². The van der Waals surface area contributed by atoms with Gasteiger partial charge in [-0.25, -0.2) is 5.01 Å². The predicted molar refractivity (Wildman–Crippen MR) is 118 cm³/mol. The molecule has 12 heteroatoms. The first-order chi connectivity index (χ1) is 16.2. The van der Waals surface area contributed by atoms with Crippen molar-refractivity contribution in [2.75, 3.05) is 38.1 Å². The van der Waals surface area contributed by atoms with Crippen LogP contribution in [0.4, 0.5) is 18.9 Å². The van der Waals surface area contributed by atoms with E-state index in [1.54, 1.807) is 23.2 Å². The molecule has 2 amide bonds. The normalized spacial score (nSPS) is 25.4. The Balaban J connectivity index is 1.10. The molecule has 0 bridgehead atoms. The summed E-state index contributed by atoms with van der Waals surface area (Å²) in [5.41, 5.74) is 3.53. The molecule has 0 spiro atoms. The number of piperidine rings is 1. The van der Waals surface area contributed by atoms with E-state index in [-0.39, 0.29) is 37.4 Å². The molecule has 34 heavy (non-hydrogen) atoms. The summed E-state index contributed by atoms with van der Waals surface area (Å²) in [7, 11) is 0. The van der Waals surface area contributed by atoms with E-state index in [2.05, 4.69) is 16.1 Å². The number of hydrazine groups is 1. The second kappa shape index (κ2) is 10.6. The number of fused-ring (bicyclic) bond motifs is 1. The third kappa shape index (κ3) is 6.45. The van der Waals surface area contributed by atoms with Gasteiger partial charge in [-0.15, -0.1) is 0 Å². The molecule has 1 aromatic carbocycles. The van der Waals surface area contributed by atoms with Crippen LogP contribution < -0.4 is 20.8 Å². The minimum Gasteiger partial charge on any atom is -0.485 e. The molecule has 1 atom stereocenters. The zero-order chi connectivity index (χ0) is 24.3. The second-order valence-electron chi connectivity index (χ2n) is 8.95. The van der Waals surface area contributed by atoms with Crippen LogP contribution in [0.5, 0.6) is 5.75 Å². The number of amides is 2. The lowest BCUT2D eigenvalue weighted by Crippen LogP contribution is -2.51. The summed E-state index contributed by atoms with van der Waals surface area (Å²) >= 11 is 5.98. The molecule has 4 rings (SSSR count). The number of carbonyl (C=O) groups is 2. The van der Waals surface area contributed by atoms with Crippen LogP contribution in [0.2, 0.25) is 5.02 Å². The van der Waals surface area contributed by atoms with Crippen molar-refractivity contribution < 1.29 is 32.2 Å². The Morgan fingerprint density at radius 3 is 2.68 bits per heavy atom. The van der Waals surface area contributed by atoms with Crippen LogP contribution in [0, 0.1) is 11.8 Å². The van der Waals surface area contributed by atoms with Crippen molar-refractivity contribution in [2.24, 2.45) is 11.8 Å². The number of anilines is 1. The minimum atomic E-state index is -4.20. The molecule has 0 aromatic heterocycles. The van der Waals surface area contributed by atoms with Crippen molar-refractivity contribution in [1.29, 1.82) is 0 Å². The molecule has 2 aliphatic heterocycles. The van der Waals surface area contributed by atoms with Crippen molar-refractivity contribution in [3.05, 3.63) is 23.2 Å². The maximum atomic E-state index is 12.6. The maximum absolute atomic E-state index is 12.6. The summed E-state index contributed by atoms with van der Waals surface area (Å²) in [5, 5.41) is 8.52. The number of halogens is 4. The van der Waals surface area contributed by atoms with Gasteiger partial charge in [0.15, 0.2) is 0 Å². The maximum Gasteiger partial charge on any atom is 0.392 e. The van der Waals surface area contributed by atoms with E-state index in [1.807, 2.05) is 0 Å². The quantitative estimate of drug-likeness (QED) is 0.529. The fourth-order valence-electron chi connectivity index (χ4n) is 4.29. The van der Waals surface area contributed by atoms with E-state index in [4.69, 9.17) is 21.1 Å². The Bertz CT molecular complexity index is 889. The van der Waals surface area contributed by atoms with E-state index in [0.717, 1.165) is 5.69 Å². The van der Waals surface area contributed by atoms with E-state index in [1.165, 1.54) is 0 Å². The van der Waals surface area contributed by atoms with Gasteiger partial charge < -0.3 is 20.1 Å². The van der Waals surface area contributed by atoms with Crippen LogP contribution in [0.3, 0.4) is 0 Å². The van der Waals surface area contributed by atoms with Gasteiger partial charge in [0.05, 0.1) is 30.8 Å². The number of rotatable bonds is 7. The lowest BCUT2D eigenvalue weighted by atomic mass is 9.82. The van der Waals surface area contributed by atoms with E-state index in [0.29, 0.717) is 49.8 Å². The van der Waals surface area contributed by atoms with Crippen LogP contribution in [-0.2, 0) is 14.3 Å². The van der Waals surface area contributed by atoms with Gasteiger partial charge in [-0.05, 0) is 43.9 Å². The van der Waals surface area contributed by atoms with Crippen LogP contribution in [-0.4, -0.2) is 68.0 Å². The van der Waals surface area contributed by atoms with Crippen molar-refractivity contribution in [2.45, 2.75) is 44.1 Å². The third-order valence-electron chi connectivity index (χ3n) is 6.42. The van der Waals surface area contributed by atoms with Gasteiger partial charge >= 0.3 is 6.18 Å². The van der Waals surface area contributed by atoms with Gasteiger partial charge in [-0.3, -0.25) is 15.0 Å². The zero-order valence-corrected chi connectivity index (χ0v) is 19.3. The first-order valence-corrected chi connectivity index (χ1v) is 11.8. The van der Waals surface area contributed by atoms with Crippen molar-refractivity contribution in [1.82, 2.24) is 15.8 Å². The number of hydrogen-bond acceptors (Lipinski definition) is 6. The number of ether oxygens (including phenoxy) is 2. The Kier molecular flexibility index (Phi) is 7.73. The predicted octanol–water partition coefficient (Wildman–Crippen LogP) is 2.73. The number of nitrogens with one attached hydrogen (secondary N) is 3. The highest BCUT2D eigenvalue weighted by atomic mass is 35.5. The molecule has 2 heterocycles. The fraction of sp³-hybridized carbons (Fsp3) is 0.636. The van der Waals surface area contributed by atoms with Gasteiger partial charge in [-0.1, -0.05) is 11.6 Å². The molecule has 2 fully saturated rings. The van der Waals surface area contributed by atoms with Crippen molar-refractivity contribution >= 4 is 29.1 Å². The van der Waals surface area contributed by atoms with Crippen LogP contribution in [0.15, 0.2) is 18.2 Å². The lowest BCUT2D eigenvalue weighted by Gasteiger charge is -2.36. The van der Waals surface area contributed by atoms with Crippen molar-refractivity contribution in [3.63, 3.8) is 0 Å². The number of nitrogens with zero attached hydrogens (tertiary/aromatic N) is 1. The lowest BCUT2D eigenvalue weighted by molar-refractivity contribution is -0.219. The summed E-state index contributed by atoms with van der Waals surface area (Å²) in [4.78, 5) is 24.6. The summed E-state index contributed by atoms with van der Waals surface area (Å²) in [5.74, 6) is -1.26. The average molecular weight is 505 g/mol. The standard InChI is InChI=1S/C22H28ClF3N4O4/c23-15-1-2-19-18(9-15)27-10-17(34-19)11-28-21(32)13-3-5-30(6-4-13)29-20(31)12-33-16-7-14(8-16)22(24,25)26/h1-2,9,13-14,16-17,27H,3-8,10-12H2,(H,28,32)(H,29,31)/t14-,16+,17?. The smallest absolute Gasteiger partial charge is 0.392 e. The second-order valence-corrected chi connectivity index (χ2v) is 9.38. The Morgan fingerprint density at radius 1 is 1.24 bits per heavy atom. The first-order valence-electron chi connectivity index (χ1n) is 11.4. The molecular formula is C22H28ClF3N4O4. The topological polar surface area (TPSA) is 91.9 Å². The zero-order valence-electron chi connectivity index (χ0n) is 18.5. The van der Waals surface area contributed by atoms with Crippen LogP contribution >= 0.6 is 11.6 Å². The molecular weight excluding hydrogens is 477 g/mol. The van der Waals surface area contributed by atoms with Crippen molar-refractivity contribution in [3.8, 4) is 5.75 Å². The Labute approximate surface area is 200 Å². The highest BCUT2D eigenvalue weighted by Gasteiger charge is 2.48. The molecule has 1 saturated heterocycles. The van der Waals surface area contributed by atoms with E-state index < -0.39 is 24.1 Å². The summed E-state index contributed by atoms with van der Waals surface area (Å²) in [6.45, 7) is 1.65. The van der Waals surface area contributed by atoms with Gasteiger partial charge in [-0.2, -0.15) is 13.2 Å². The Morgan fingerprint density at radius 2 is 1.97 bits per heavy atom. The molecule has 3 aliphatic rings. The van der Waals surface area contributed by atoms with Gasteiger partial charge in [0.25, 0.3) is 5.91 Å². The molecule has 8 nitrogen and oxygen atoms in total. The molecule has 1 aromatic rings. The Hall–Kier alpha value is -2.24. The van der Waals surface area contributed by atoms with E-state index in [9.17, 15) is 22.8 Å². The fourth-order valence-corrected chi connectivity index (χ4v) is 4.46. The van der Waals surface area contributed by atoms with Crippen LogP contribution in [0.25, 0.3) is 0 Å². The average Bonchev–Trinajstić information content (AvgIpc) is 2.76. The highest BCUT2D eigenvalue weighted by Crippen LogP contribution is 2.42. The SMILES string of the molecule is O=C(CO[C@H]1C[C@@H](C(F)(F)F)C1)NN1CCC(C(=O)NCC2CNc3cc(Cl)ccc3O2)CC1. The number of alkyl halides is 3. The minimum absolute atomic E-state index is 0.0518. The summed E-state index contributed by atoms with van der Waals surface area (Å²) in [6.07, 6.45) is -3.96. The van der Waals surface area contributed by atoms with Gasteiger partial charge in [0.1, 0.15) is 18.5 Å². The molecule has 188 valence electrons. The number of benzene rings is 1. The molecule has 1 unspecified atom stereocenters. The first kappa shape index (κ1) is 24.9. The number of carbonyl (C=O) groups excluding carboxylic acids is 2. The number of hydrogen-bond donors (Lipinski definition) is 3. The third-order valence-corrected chi connectivity index (χ3v) is 6.65. The summed E-state index contributed by atoms with van der Waals surface area (Å²) < 4.78 is 48.6. The van der Waals surface area contributed by atoms with Gasteiger partial charge in [0, 0.05) is 24.0 Å². The van der Waals surface area contributed by atoms with Crippen LogP contribution in [0.1, 0.15) is 25.7 Å². The molecule has 1 saturated carbocycles. The molecule has 0 radical (unpaired) electrons. The summed E-state index contributed by atoms with van der Waals surface area (Å²) in [6, 6.07) is 5.33. The largest absolute Gasteiger partial charge is 0.485 e. The molecule has 1 aliphatic carbocycles. The monoisotopic (exact) mass is 504 g/mol. The van der Waals surface area contributed by atoms with E-state index >= 15 is 0 Å².